The van der Waals surface area contributed by atoms with E-state index in [1.165, 1.54) is 123 Å². The van der Waals surface area contributed by atoms with Crippen LogP contribution in [0.25, 0.3) is 66.4 Å². The summed E-state index contributed by atoms with van der Waals surface area (Å²) in [5, 5.41) is 2.49. The van der Waals surface area contributed by atoms with E-state index in [1.807, 2.05) is 0 Å². The molecule has 0 spiro atoms. The fraction of sp³-hybridized carbons (Fsp3) is 0.200. The van der Waals surface area contributed by atoms with Crippen molar-refractivity contribution in [1.82, 2.24) is 4.57 Å². The van der Waals surface area contributed by atoms with Crippen LogP contribution in [0.4, 0.5) is 34.1 Å². The molecule has 2 aliphatic heterocycles. The van der Waals surface area contributed by atoms with Gasteiger partial charge >= 0.3 is 0 Å². The van der Waals surface area contributed by atoms with E-state index < -0.39 is 0 Å². The van der Waals surface area contributed by atoms with E-state index >= 15 is 0 Å². The van der Waals surface area contributed by atoms with Crippen LogP contribution in [0.15, 0.2) is 243 Å². The van der Waals surface area contributed by atoms with Gasteiger partial charge in [0, 0.05) is 44.9 Å². The normalized spacial score (nSPS) is 19.0. The third-order valence-electron chi connectivity index (χ3n) is 20.3. The SMILES string of the molecule is CC1(C)CC(C)(C)c2cc(-c3ccc(N4c5ccc(-c6ccccc6)cc5B5c6cc(-c7ccccc7)ccc6N(c6ccc(C7=CC8C(C=C7)C(C)(C)CC8(C)C)cc6)c6cc(-n7c8ccccc8c8ccccc87)cc4c65)cc3)ccc21. The van der Waals surface area contributed by atoms with Crippen molar-refractivity contribution in [3.63, 3.8) is 0 Å². The molecule has 5 aliphatic rings. The Balaban J connectivity index is 0.949. The molecule has 1 fully saturated rings. The number of rotatable bonds is 7. The minimum Gasteiger partial charge on any atom is -0.311 e. The van der Waals surface area contributed by atoms with Crippen LogP contribution in [0.3, 0.4) is 0 Å². The van der Waals surface area contributed by atoms with Gasteiger partial charge in [-0.1, -0.05) is 237 Å². The molecule has 0 N–H and O–H groups in total. The predicted molar refractivity (Wildman–Crippen MR) is 358 cm³/mol. The Kier molecular flexibility index (Phi) is 11.1. The maximum atomic E-state index is 2.60. The minimum atomic E-state index is -0.103. The highest BCUT2D eigenvalue weighted by Crippen LogP contribution is 2.60. The standard InChI is InChI=1S/C80H70BN3/c1-77(2)49-79(5,6)66-43-55(31-39-64(66)77)53-27-35-59(36-28-53)82-72-41-33-57(51-19-11-9-12-20-51)45-68(72)81-69-46-58(52-21-13-10-14-22-52)34-42-73(69)83(60-37-29-54(30-38-60)56-32-40-65-67(44-56)80(7,8)50-78(65,3)4)75-48-61(47-74(82)76(75)81)84-70-25-17-15-23-62(70)63-24-16-18-26-71(63)84/h9-48,64,66H,49-50H2,1-8H3. The molecule has 3 heterocycles. The van der Waals surface area contributed by atoms with Crippen LogP contribution in [0.2, 0.25) is 0 Å². The third-order valence-corrected chi connectivity index (χ3v) is 20.3. The molecule has 0 bridgehead atoms. The fourth-order valence-corrected chi connectivity index (χ4v) is 17.0. The zero-order valence-electron chi connectivity index (χ0n) is 49.6. The number of anilines is 6. The maximum Gasteiger partial charge on any atom is 0.252 e. The number of hydrogen-bond acceptors (Lipinski definition) is 2. The van der Waals surface area contributed by atoms with Gasteiger partial charge < -0.3 is 14.4 Å². The molecule has 3 nitrogen and oxygen atoms in total. The molecule has 84 heavy (non-hydrogen) atoms. The highest BCUT2D eigenvalue weighted by atomic mass is 15.2. The molecule has 16 rings (SSSR count). The van der Waals surface area contributed by atoms with Crippen LogP contribution in [0.1, 0.15) is 84.9 Å². The van der Waals surface area contributed by atoms with Gasteiger partial charge in [0.05, 0.1) is 16.7 Å². The molecule has 0 radical (unpaired) electrons. The van der Waals surface area contributed by atoms with Crippen molar-refractivity contribution >= 4 is 84.6 Å². The molecule has 1 saturated carbocycles. The van der Waals surface area contributed by atoms with Gasteiger partial charge in [0.25, 0.3) is 6.71 Å². The lowest BCUT2D eigenvalue weighted by Gasteiger charge is -2.44. The van der Waals surface area contributed by atoms with Crippen LogP contribution < -0.4 is 26.2 Å². The molecule has 408 valence electrons. The van der Waals surface area contributed by atoms with Crippen LogP contribution in [-0.4, -0.2) is 11.3 Å². The van der Waals surface area contributed by atoms with Gasteiger partial charge in [-0.05, 0) is 179 Å². The minimum absolute atomic E-state index is 0.103. The smallest absolute Gasteiger partial charge is 0.252 e. The molecule has 4 heteroatoms. The Morgan fingerprint density at radius 2 is 0.821 bits per heavy atom. The Morgan fingerprint density at radius 3 is 1.38 bits per heavy atom. The largest absolute Gasteiger partial charge is 0.311 e. The Hall–Kier alpha value is -8.86. The summed E-state index contributed by atoms with van der Waals surface area (Å²) >= 11 is 0. The van der Waals surface area contributed by atoms with Crippen LogP contribution >= 0.6 is 0 Å². The van der Waals surface area contributed by atoms with E-state index in [0.717, 1.165) is 23.5 Å². The summed E-state index contributed by atoms with van der Waals surface area (Å²) in [6, 6.07) is 85.5. The monoisotopic (exact) mass is 1080 g/mol. The number of para-hydroxylation sites is 2. The summed E-state index contributed by atoms with van der Waals surface area (Å²) in [5.74, 6) is 1.04. The summed E-state index contributed by atoms with van der Waals surface area (Å²) in [6.45, 7) is 19.4. The zero-order chi connectivity index (χ0) is 57.0. The molecule has 0 saturated heterocycles. The lowest BCUT2D eigenvalue weighted by atomic mass is 9.33. The Bertz CT molecular complexity index is 4500. The van der Waals surface area contributed by atoms with Gasteiger partial charge in [0.15, 0.2) is 0 Å². The average molecular weight is 1080 g/mol. The highest BCUT2D eigenvalue weighted by Gasteiger charge is 2.51. The van der Waals surface area contributed by atoms with Crippen LogP contribution in [0, 0.1) is 22.7 Å². The second-order valence-electron chi connectivity index (χ2n) is 27.6. The van der Waals surface area contributed by atoms with Crippen LogP contribution in [-0.2, 0) is 10.8 Å². The Morgan fingerprint density at radius 1 is 0.369 bits per heavy atom. The van der Waals surface area contributed by atoms with E-state index in [2.05, 4.69) is 312 Å². The van der Waals surface area contributed by atoms with E-state index in [-0.39, 0.29) is 28.4 Å². The molecule has 2 unspecified atom stereocenters. The first-order valence-electron chi connectivity index (χ1n) is 30.5. The van der Waals surface area contributed by atoms with Crippen molar-refractivity contribution in [1.29, 1.82) is 0 Å². The van der Waals surface area contributed by atoms with Crippen molar-refractivity contribution in [2.24, 2.45) is 22.7 Å². The van der Waals surface area contributed by atoms with Crippen molar-refractivity contribution in [2.75, 3.05) is 9.80 Å². The first-order valence-corrected chi connectivity index (χ1v) is 30.5. The summed E-state index contributed by atoms with van der Waals surface area (Å²) in [4.78, 5) is 5.18. The number of aromatic nitrogens is 1. The van der Waals surface area contributed by atoms with Gasteiger partial charge in [0.2, 0.25) is 0 Å². The van der Waals surface area contributed by atoms with Gasteiger partial charge in [-0.2, -0.15) is 0 Å². The maximum absolute atomic E-state index is 2.60. The molecule has 2 atom stereocenters. The molecular formula is C80H70BN3. The lowest BCUT2D eigenvalue weighted by molar-refractivity contribution is 0.282. The average Bonchev–Trinajstić information content (AvgIpc) is 1.09. The van der Waals surface area contributed by atoms with Crippen molar-refractivity contribution in [3.8, 4) is 39.1 Å². The summed E-state index contributed by atoms with van der Waals surface area (Å²) in [7, 11) is 0. The second-order valence-corrected chi connectivity index (χ2v) is 27.6. The highest BCUT2D eigenvalue weighted by molar-refractivity contribution is 7.00. The second kappa shape index (κ2) is 18.3. The lowest BCUT2D eigenvalue weighted by Crippen LogP contribution is -2.61. The number of fused-ring (bicyclic) bond motifs is 9. The van der Waals surface area contributed by atoms with E-state index in [1.54, 1.807) is 0 Å². The van der Waals surface area contributed by atoms with E-state index in [4.69, 9.17) is 0 Å². The summed E-state index contributed by atoms with van der Waals surface area (Å²) < 4.78 is 2.51. The molecule has 0 amide bonds. The molecule has 10 aromatic carbocycles. The quantitative estimate of drug-likeness (QED) is 0.147. The summed E-state index contributed by atoms with van der Waals surface area (Å²) in [5.41, 5.74) is 28.0. The zero-order valence-corrected chi connectivity index (χ0v) is 49.6. The van der Waals surface area contributed by atoms with Crippen molar-refractivity contribution < 1.29 is 0 Å². The Labute approximate surface area is 496 Å². The number of allylic oxidation sites excluding steroid dienone is 4. The number of benzene rings is 10. The van der Waals surface area contributed by atoms with Crippen LogP contribution in [0.5, 0.6) is 0 Å². The first-order chi connectivity index (χ1) is 40.6. The molecule has 11 aromatic rings. The van der Waals surface area contributed by atoms with Crippen molar-refractivity contribution in [2.45, 2.75) is 79.1 Å². The first kappa shape index (κ1) is 50.8. The van der Waals surface area contributed by atoms with E-state index in [0.29, 0.717) is 11.8 Å². The number of hydrogen-bond donors (Lipinski definition) is 0. The van der Waals surface area contributed by atoms with Gasteiger partial charge in [-0.15, -0.1) is 0 Å². The third kappa shape index (κ3) is 7.78. The predicted octanol–water partition coefficient (Wildman–Crippen LogP) is 19.5. The van der Waals surface area contributed by atoms with E-state index in [9.17, 15) is 0 Å². The molecule has 1 aromatic heterocycles. The van der Waals surface area contributed by atoms with Gasteiger partial charge in [-0.25, -0.2) is 0 Å². The molecular weight excluding hydrogens is 1010 g/mol. The summed E-state index contributed by atoms with van der Waals surface area (Å²) in [6.07, 6.45) is 9.89. The van der Waals surface area contributed by atoms with Gasteiger partial charge in [0.1, 0.15) is 0 Å². The van der Waals surface area contributed by atoms with Crippen molar-refractivity contribution in [3.05, 3.63) is 259 Å². The topological polar surface area (TPSA) is 11.4 Å². The van der Waals surface area contributed by atoms with Gasteiger partial charge in [-0.3, -0.25) is 0 Å². The fourth-order valence-electron chi connectivity index (χ4n) is 17.0. The number of nitrogens with zero attached hydrogens (tertiary/aromatic N) is 3. The molecule has 3 aliphatic carbocycles.